The van der Waals surface area contributed by atoms with Crippen LogP contribution in [0.15, 0.2) is 48.7 Å². The lowest BCUT2D eigenvalue weighted by Gasteiger charge is -2.26. The first-order valence-electron chi connectivity index (χ1n) is 11.2. The first-order valence-corrected chi connectivity index (χ1v) is 11.2. The van der Waals surface area contributed by atoms with Gasteiger partial charge in [0.25, 0.3) is 0 Å². The van der Waals surface area contributed by atoms with Gasteiger partial charge in [-0.25, -0.2) is 4.98 Å². The SMILES string of the molecule is O=C(CCC(=O)N(CC(=O)NC1CCCCC1)c1cccc(C(F)(F)F)c1)Nc1ccccn1. The third kappa shape index (κ3) is 7.57. The van der Waals surface area contributed by atoms with Gasteiger partial charge < -0.3 is 15.5 Å². The normalized spacial score (nSPS) is 14.3. The van der Waals surface area contributed by atoms with Crippen molar-refractivity contribution >= 4 is 29.2 Å². The van der Waals surface area contributed by atoms with E-state index in [9.17, 15) is 27.6 Å². The summed E-state index contributed by atoms with van der Waals surface area (Å²) in [6.45, 7) is -0.432. The van der Waals surface area contributed by atoms with Crippen LogP contribution in [0, 0.1) is 0 Å². The molecule has 1 aromatic carbocycles. The van der Waals surface area contributed by atoms with Crippen molar-refractivity contribution in [2.24, 2.45) is 0 Å². The molecule has 182 valence electrons. The van der Waals surface area contributed by atoms with Gasteiger partial charge in [0.2, 0.25) is 17.7 Å². The fourth-order valence-electron chi connectivity index (χ4n) is 3.83. The summed E-state index contributed by atoms with van der Waals surface area (Å²) in [6.07, 6.45) is 1.15. The van der Waals surface area contributed by atoms with Crippen molar-refractivity contribution in [2.75, 3.05) is 16.8 Å². The zero-order valence-electron chi connectivity index (χ0n) is 18.6. The Hall–Kier alpha value is -3.43. The third-order valence-corrected chi connectivity index (χ3v) is 5.56. The number of anilines is 2. The Kier molecular flexibility index (Phi) is 8.61. The van der Waals surface area contributed by atoms with E-state index < -0.39 is 36.0 Å². The van der Waals surface area contributed by atoms with Crippen LogP contribution >= 0.6 is 0 Å². The molecule has 3 amide bonds. The van der Waals surface area contributed by atoms with Gasteiger partial charge in [0.1, 0.15) is 12.4 Å². The van der Waals surface area contributed by atoms with Crippen LogP contribution in [0.1, 0.15) is 50.5 Å². The van der Waals surface area contributed by atoms with Crippen LogP contribution in [-0.2, 0) is 20.6 Å². The van der Waals surface area contributed by atoms with Crippen LogP contribution in [-0.4, -0.2) is 35.3 Å². The van der Waals surface area contributed by atoms with E-state index in [1.165, 1.54) is 18.3 Å². The molecule has 0 atom stereocenters. The maximum Gasteiger partial charge on any atom is 0.416 e. The highest BCUT2D eigenvalue weighted by Gasteiger charge is 2.32. The molecule has 1 heterocycles. The minimum Gasteiger partial charge on any atom is -0.352 e. The monoisotopic (exact) mass is 476 g/mol. The quantitative estimate of drug-likeness (QED) is 0.594. The van der Waals surface area contributed by atoms with Gasteiger partial charge in [-0.1, -0.05) is 31.4 Å². The predicted octanol–water partition coefficient (Wildman–Crippen LogP) is 4.30. The summed E-state index contributed by atoms with van der Waals surface area (Å²) in [5.74, 6) is -1.23. The summed E-state index contributed by atoms with van der Waals surface area (Å²) in [5.41, 5.74) is -0.980. The first-order chi connectivity index (χ1) is 16.2. The fourth-order valence-corrected chi connectivity index (χ4v) is 3.83. The van der Waals surface area contributed by atoms with Gasteiger partial charge in [0.05, 0.1) is 5.56 Å². The summed E-state index contributed by atoms with van der Waals surface area (Å²) >= 11 is 0. The van der Waals surface area contributed by atoms with Crippen molar-refractivity contribution in [2.45, 2.75) is 57.2 Å². The van der Waals surface area contributed by atoms with Crippen LogP contribution in [0.5, 0.6) is 0 Å². The molecule has 7 nitrogen and oxygen atoms in total. The minimum atomic E-state index is -4.60. The number of halogens is 3. The predicted molar refractivity (Wildman–Crippen MR) is 121 cm³/mol. The molecular formula is C24H27F3N4O3. The second kappa shape index (κ2) is 11.6. The molecule has 0 saturated heterocycles. The van der Waals surface area contributed by atoms with Crippen LogP contribution in [0.3, 0.4) is 0 Å². The Bertz CT molecular complexity index is 992. The third-order valence-electron chi connectivity index (χ3n) is 5.56. The summed E-state index contributed by atoms with van der Waals surface area (Å²) in [5, 5.41) is 5.42. The van der Waals surface area contributed by atoms with Crippen LogP contribution < -0.4 is 15.5 Å². The Morgan fingerprint density at radius 1 is 0.971 bits per heavy atom. The van der Waals surface area contributed by atoms with Crippen molar-refractivity contribution in [3.05, 3.63) is 54.2 Å². The molecular weight excluding hydrogens is 449 g/mol. The Balaban J connectivity index is 1.70. The van der Waals surface area contributed by atoms with E-state index in [-0.39, 0.29) is 24.6 Å². The molecule has 1 aliphatic rings. The molecule has 34 heavy (non-hydrogen) atoms. The molecule has 1 aromatic heterocycles. The molecule has 0 bridgehead atoms. The van der Waals surface area contributed by atoms with Crippen molar-refractivity contribution in [1.82, 2.24) is 10.3 Å². The zero-order valence-corrected chi connectivity index (χ0v) is 18.6. The molecule has 10 heteroatoms. The number of hydrogen-bond acceptors (Lipinski definition) is 4. The molecule has 0 radical (unpaired) electrons. The van der Waals surface area contributed by atoms with Crippen molar-refractivity contribution in [3.8, 4) is 0 Å². The van der Waals surface area contributed by atoms with Crippen LogP contribution in [0.25, 0.3) is 0 Å². The number of hydrogen-bond donors (Lipinski definition) is 2. The number of nitrogens with one attached hydrogen (secondary N) is 2. The summed E-state index contributed by atoms with van der Waals surface area (Å²) in [6, 6.07) is 9.21. The number of alkyl halides is 3. The minimum absolute atomic E-state index is 0.0103. The maximum absolute atomic E-state index is 13.2. The van der Waals surface area contributed by atoms with E-state index >= 15 is 0 Å². The number of aromatic nitrogens is 1. The Morgan fingerprint density at radius 3 is 2.41 bits per heavy atom. The molecule has 0 spiro atoms. The highest BCUT2D eigenvalue weighted by atomic mass is 19.4. The van der Waals surface area contributed by atoms with E-state index in [0.29, 0.717) is 5.82 Å². The van der Waals surface area contributed by atoms with Gasteiger partial charge in [-0.2, -0.15) is 13.2 Å². The van der Waals surface area contributed by atoms with Gasteiger partial charge in [0.15, 0.2) is 0 Å². The number of carbonyl (C=O) groups is 3. The smallest absolute Gasteiger partial charge is 0.352 e. The second-order valence-corrected chi connectivity index (χ2v) is 8.19. The van der Waals surface area contributed by atoms with Crippen molar-refractivity contribution < 1.29 is 27.6 Å². The van der Waals surface area contributed by atoms with Crippen LogP contribution in [0.2, 0.25) is 0 Å². The number of benzene rings is 1. The molecule has 3 rings (SSSR count). The van der Waals surface area contributed by atoms with E-state index in [0.717, 1.165) is 49.1 Å². The summed E-state index contributed by atoms with van der Waals surface area (Å²) in [7, 11) is 0. The van der Waals surface area contributed by atoms with Crippen LogP contribution in [0.4, 0.5) is 24.7 Å². The van der Waals surface area contributed by atoms with Gasteiger partial charge in [-0.05, 0) is 43.2 Å². The zero-order chi connectivity index (χ0) is 24.6. The number of carbonyl (C=O) groups excluding carboxylic acids is 3. The topological polar surface area (TPSA) is 91.4 Å². The number of nitrogens with zero attached hydrogens (tertiary/aromatic N) is 2. The summed E-state index contributed by atoms with van der Waals surface area (Å²) < 4.78 is 39.7. The fraction of sp³-hybridized carbons (Fsp3) is 0.417. The molecule has 2 aromatic rings. The van der Waals surface area contributed by atoms with E-state index in [2.05, 4.69) is 15.6 Å². The van der Waals surface area contributed by atoms with E-state index in [1.54, 1.807) is 18.2 Å². The standard InChI is InChI=1S/C24H27F3N4O3/c25-24(26,27)17-7-6-10-19(15-17)31(16-22(33)29-18-8-2-1-3-9-18)23(34)13-12-21(32)30-20-11-4-5-14-28-20/h4-7,10-11,14-15,18H,1-3,8-9,12-13,16H2,(H,29,33)(H,28,30,32). The van der Waals surface area contributed by atoms with Gasteiger partial charge in [0, 0.05) is 30.8 Å². The largest absolute Gasteiger partial charge is 0.416 e. The average molecular weight is 476 g/mol. The summed E-state index contributed by atoms with van der Waals surface area (Å²) in [4.78, 5) is 42.8. The lowest BCUT2D eigenvalue weighted by Crippen LogP contribution is -2.45. The lowest BCUT2D eigenvalue weighted by atomic mass is 9.95. The average Bonchev–Trinajstić information content (AvgIpc) is 2.82. The molecule has 2 N–H and O–H groups in total. The van der Waals surface area contributed by atoms with Gasteiger partial charge in [-0.3, -0.25) is 14.4 Å². The van der Waals surface area contributed by atoms with E-state index in [1.807, 2.05) is 0 Å². The molecule has 1 fully saturated rings. The number of amides is 3. The first kappa shape index (κ1) is 25.2. The van der Waals surface area contributed by atoms with Crippen molar-refractivity contribution in [3.63, 3.8) is 0 Å². The molecule has 1 saturated carbocycles. The van der Waals surface area contributed by atoms with Gasteiger partial charge >= 0.3 is 6.18 Å². The number of pyridine rings is 1. The lowest BCUT2D eigenvalue weighted by molar-refractivity contribution is -0.137. The molecule has 0 unspecified atom stereocenters. The Labute approximate surface area is 195 Å². The van der Waals surface area contributed by atoms with E-state index in [4.69, 9.17) is 0 Å². The van der Waals surface area contributed by atoms with Gasteiger partial charge in [-0.15, -0.1) is 0 Å². The second-order valence-electron chi connectivity index (χ2n) is 8.19. The highest BCUT2D eigenvalue weighted by Crippen LogP contribution is 2.32. The highest BCUT2D eigenvalue weighted by molar-refractivity contribution is 6.01. The number of rotatable bonds is 8. The Morgan fingerprint density at radius 2 is 1.74 bits per heavy atom. The maximum atomic E-state index is 13.2. The molecule has 0 aliphatic heterocycles. The molecule has 1 aliphatic carbocycles. The van der Waals surface area contributed by atoms with Crippen molar-refractivity contribution in [1.29, 1.82) is 0 Å².